The molecule has 0 aliphatic rings. The van der Waals surface area contributed by atoms with Crippen LogP contribution in [0.5, 0.6) is 11.5 Å². The molecule has 2 aromatic rings. The molecule has 160 valence electrons. The van der Waals surface area contributed by atoms with Crippen LogP contribution in [0.4, 0.5) is 0 Å². The third-order valence-corrected chi connectivity index (χ3v) is 4.16. The Morgan fingerprint density at radius 3 is 1.68 bits per heavy atom. The van der Waals surface area contributed by atoms with Crippen molar-refractivity contribution in [1.82, 2.24) is 0 Å². The third kappa shape index (κ3) is 6.33. The van der Waals surface area contributed by atoms with E-state index >= 15 is 0 Å². The molecule has 2 amide bonds. The van der Waals surface area contributed by atoms with Crippen LogP contribution in [0.25, 0.3) is 12.2 Å². The first kappa shape index (κ1) is 23.0. The first-order valence-corrected chi connectivity index (χ1v) is 9.01. The third-order valence-electron chi connectivity index (χ3n) is 4.16. The van der Waals surface area contributed by atoms with E-state index in [4.69, 9.17) is 20.9 Å². The number of hydrogen-bond donors (Lipinski definition) is 3. The highest BCUT2D eigenvalue weighted by Crippen LogP contribution is 2.21. The Labute approximate surface area is 179 Å². The number of hydrogen-bond acceptors (Lipinski definition) is 6. The number of carbonyl (C=O) groups excluding carboxylic acids is 3. The summed E-state index contributed by atoms with van der Waals surface area (Å²) in [6.07, 6.45) is 6.68. The van der Waals surface area contributed by atoms with E-state index in [-0.39, 0.29) is 16.9 Å². The second-order valence-corrected chi connectivity index (χ2v) is 6.29. The van der Waals surface area contributed by atoms with Gasteiger partial charge in [0.1, 0.15) is 17.3 Å². The Balaban J connectivity index is 2.11. The molecule has 0 aliphatic carbocycles. The van der Waals surface area contributed by atoms with Crippen LogP contribution in [0.2, 0.25) is 0 Å². The van der Waals surface area contributed by atoms with Gasteiger partial charge in [-0.25, -0.2) is 0 Å². The van der Waals surface area contributed by atoms with Crippen molar-refractivity contribution in [2.24, 2.45) is 11.5 Å². The number of aliphatic hydroxyl groups is 1. The Morgan fingerprint density at radius 1 is 0.806 bits per heavy atom. The molecule has 31 heavy (non-hydrogen) atoms. The van der Waals surface area contributed by atoms with Crippen molar-refractivity contribution in [1.29, 1.82) is 0 Å². The summed E-state index contributed by atoms with van der Waals surface area (Å²) in [7, 11) is 2.82. The van der Waals surface area contributed by atoms with E-state index < -0.39 is 17.6 Å². The molecule has 0 radical (unpaired) electrons. The zero-order valence-corrected chi connectivity index (χ0v) is 17.0. The van der Waals surface area contributed by atoms with Crippen LogP contribution in [0, 0.1) is 0 Å². The van der Waals surface area contributed by atoms with Gasteiger partial charge >= 0.3 is 0 Å². The molecule has 0 saturated heterocycles. The summed E-state index contributed by atoms with van der Waals surface area (Å²) in [5.41, 5.74) is 12.2. The van der Waals surface area contributed by atoms with E-state index in [9.17, 15) is 19.5 Å². The lowest BCUT2D eigenvalue weighted by Gasteiger charge is -2.06. The molecule has 0 bridgehead atoms. The minimum Gasteiger partial charge on any atom is -0.508 e. The highest BCUT2D eigenvalue weighted by molar-refractivity contribution is 6.03. The van der Waals surface area contributed by atoms with E-state index in [1.165, 1.54) is 44.6 Å². The standard InChI is InChI=1S/C23H22N2O6/c1-30-20-11-14(5-9-18(20)22(24)28)3-7-16(26)13-17(27)8-4-15-6-10-19(23(25)29)21(12-15)31-2/h3-13,26H,1-2H3,(H2,24,28)(H2,25,29)/b7-3+,8-4+,16-13?. The summed E-state index contributed by atoms with van der Waals surface area (Å²) in [4.78, 5) is 34.7. The SMILES string of the molecule is COc1cc(/C=C/C(=O)C=C(O)/C=C/c2ccc(C(N)=O)c(OC)c2)ccc1C(N)=O. The number of methoxy groups -OCH3 is 2. The maximum Gasteiger partial charge on any atom is 0.252 e. The molecule has 0 saturated carbocycles. The number of nitrogens with two attached hydrogens (primary N) is 2. The largest absolute Gasteiger partial charge is 0.508 e. The number of aliphatic hydroxyl groups excluding tert-OH is 1. The molecule has 2 rings (SSSR count). The van der Waals surface area contributed by atoms with Crippen LogP contribution in [0.3, 0.4) is 0 Å². The molecule has 8 nitrogen and oxygen atoms in total. The van der Waals surface area contributed by atoms with Crippen molar-refractivity contribution in [3.63, 3.8) is 0 Å². The fourth-order valence-corrected chi connectivity index (χ4v) is 2.63. The molecule has 0 atom stereocenters. The molecule has 0 heterocycles. The minimum absolute atomic E-state index is 0.231. The van der Waals surface area contributed by atoms with Gasteiger partial charge in [0.25, 0.3) is 11.8 Å². The van der Waals surface area contributed by atoms with E-state index in [2.05, 4.69) is 0 Å². The smallest absolute Gasteiger partial charge is 0.252 e. The first-order valence-electron chi connectivity index (χ1n) is 9.01. The summed E-state index contributed by atoms with van der Waals surface area (Å²) in [5.74, 6) is -1.37. The molecular weight excluding hydrogens is 400 g/mol. The van der Waals surface area contributed by atoms with Crippen LogP contribution in [-0.2, 0) is 4.79 Å². The van der Waals surface area contributed by atoms with Crippen LogP contribution in [0.1, 0.15) is 31.8 Å². The van der Waals surface area contributed by atoms with E-state index in [1.807, 2.05) is 0 Å². The molecule has 0 fully saturated rings. The summed E-state index contributed by atoms with van der Waals surface area (Å²) in [5, 5.41) is 9.97. The van der Waals surface area contributed by atoms with Crippen molar-refractivity contribution in [3.05, 3.63) is 82.6 Å². The summed E-state index contributed by atoms with van der Waals surface area (Å²) in [6.45, 7) is 0. The predicted octanol–water partition coefficient (Wildman–Crippen LogP) is 2.64. The van der Waals surface area contributed by atoms with Gasteiger partial charge in [-0.15, -0.1) is 0 Å². The number of carbonyl (C=O) groups is 3. The predicted molar refractivity (Wildman–Crippen MR) is 117 cm³/mol. The van der Waals surface area contributed by atoms with E-state index in [1.54, 1.807) is 30.3 Å². The molecule has 5 N–H and O–H groups in total. The number of ether oxygens (including phenoxy) is 2. The molecule has 0 unspecified atom stereocenters. The normalized spacial score (nSPS) is 11.6. The topological polar surface area (TPSA) is 142 Å². The van der Waals surface area contributed by atoms with Gasteiger partial charge < -0.3 is 26.0 Å². The maximum atomic E-state index is 12.1. The fraction of sp³-hybridized carbons (Fsp3) is 0.0870. The van der Waals surface area contributed by atoms with Crippen LogP contribution in [0.15, 0.2) is 60.4 Å². The molecule has 0 spiro atoms. The van der Waals surface area contributed by atoms with Crippen molar-refractivity contribution in [2.45, 2.75) is 0 Å². The highest BCUT2D eigenvalue weighted by Gasteiger charge is 2.09. The molecule has 0 aliphatic heterocycles. The quantitative estimate of drug-likeness (QED) is 0.322. The Hall–Kier alpha value is -4.33. The molecule has 8 heteroatoms. The van der Waals surface area contributed by atoms with Gasteiger partial charge in [0.05, 0.1) is 25.3 Å². The van der Waals surface area contributed by atoms with Crippen LogP contribution in [-0.4, -0.2) is 36.9 Å². The Kier molecular flexibility index (Phi) is 7.74. The average molecular weight is 422 g/mol. The number of benzene rings is 2. The number of allylic oxidation sites excluding steroid dienone is 3. The van der Waals surface area contributed by atoms with Crippen LogP contribution >= 0.6 is 0 Å². The lowest BCUT2D eigenvalue weighted by atomic mass is 10.1. The Morgan fingerprint density at radius 2 is 1.26 bits per heavy atom. The van der Waals surface area contributed by atoms with E-state index in [0.717, 1.165) is 6.08 Å². The number of amides is 2. The van der Waals surface area contributed by atoms with Crippen molar-refractivity contribution >= 4 is 29.7 Å². The lowest BCUT2D eigenvalue weighted by molar-refractivity contribution is -0.110. The molecule has 0 aromatic heterocycles. The second kappa shape index (κ2) is 10.4. The fourth-order valence-electron chi connectivity index (χ4n) is 2.63. The van der Waals surface area contributed by atoms with E-state index in [0.29, 0.717) is 22.6 Å². The van der Waals surface area contributed by atoms with Crippen molar-refractivity contribution in [2.75, 3.05) is 14.2 Å². The summed E-state index contributed by atoms with van der Waals surface area (Å²) < 4.78 is 10.2. The van der Waals surface area contributed by atoms with Gasteiger partial charge in [0, 0.05) is 6.08 Å². The van der Waals surface area contributed by atoms with Gasteiger partial charge in [-0.3, -0.25) is 14.4 Å². The van der Waals surface area contributed by atoms with Crippen molar-refractivity contribution in [3.8, 4) is 11.5 Å². The average Bonchev–Trinajstić information content (AvgIpc) is 2.75. The summed E-state index contributed by atoms with van der Waals surface area (Å²) >= 11 is 0. The lowest BCUT2D eigenvalue weighted by Crippen LogP contribution is -2.12. The first-order chi connectivity index (χ1) is 14.7. The van der Waals surface area contributed by atoms with Crippen LogP contribution < -0.4 is 20.9 Å². The second-order valence-electron chi connectivity index (χ2n) is 6.29. The zero-order chi connectivity index (χ0) is 23.0. The highest BCUT2D eigenvalue weighted by atomic mass is 16.5. The van der Waals surface area contributed by atoms with Gasteiger partial charge in [-0.05, 0) is 47.5 Å². The van der Waals surface area contributed by atoms with Crippen molar-refractivity contribution < 1.29 is 29.0 Å². The molecular formula is C23H22N2O6. The van der Waals surface area contributed by atoms with Gasteiger partial charge in [0.15, 0.2) is 5.78 Å². The monoisotopic (exact) mass is 422 g/mol. The minimum atomic E-state index is -0.620. The number of rotatable bonds is 9. The maximum absolute atomic E-state index is 12.1. The Bertz CT molecular complexity index is 1100. The number of ketones is 1. The van der Waals surface area contributed by atoms with Gasteiger partial charge in [-0.1, -0.05) is 24.3 Å². The zero-order valence-electron chi connectivity index (χ0n) is 17.0. The van der Waals surface area contributed by atoms with Gasteiger partial charge in [-0.2, -0.15) is 0 Å². The summed E-state index contributed by atoms with van der Waals surface area (Å²) in [6, 6.07) is 9.38. The molecule has 2 aromatic carbocycles. The number of primary amides is 2. The van der Waals surface area contributed by atoms with Gasteiger partial charge in [0.2, 0.25) is 0 Å².